The maximum Gasteiger partial charge on any atom is 0.336 e. The summed E-state index contributed by atoms with van der Waals surface area (Å²) in [6.07, 6.45) is 1.69. The molecule has 0 aliphatic carbocycles. The van der Waals surface area contributed by atoms with Gasteiger partial charge in [-0.1, -0.05) is 6.07 Å². The number of carbonyl (C=O) groups is 1. The number of nitrogens with zero attached hydrogens (tertiary/aromatic N) is 1. The number of nitrogens with one attached hydrogen (secondary N) is 1. The second-order valence-corrected chi connectivity index (χ2v) is 8.99. The van der Waals surface area contributed by atoms with Gasteiger partial charge in [-0.15, -0.1) is 0 Å². The van der Waals surface area contributed by atoms with Crippen molar-refractivity contribution >= 4 is 32.6 Å². The largest absolute Gasteiger partial charge is 0.423 e. The van der Waals surface area contributed by atoms with E-state index in [-0.39, 0.29) is 10.5 Å². The molecule has 2 aromatic carbocycles. The normalized spacial score (nSPS) is 14.9. The summed E-state index contributed by atoms with van der Waals surface area (Å²) in [5, 5.41) is 3.51. The quantitative estimate of drug-likeness (QED) is 0.664. The zero-order chi connectivity index (χ0) is 20.6. The third kappa shape index (κ3) is 3.81. The Hall–Kier alpha value is -2.97. The number of fused-ring (bicyclic) bond motifs is 1. The van der Waals surface area contributed by atoms with Crippen LogP contribution in [0.2, 0.25) is 0 Å². The molecule has 0 bridgehead atoms. The topological polar surface area (TPSA) is 96.7 Å². The Morgan fingerprint density at radius 1 is 1.07 bits per heavy atom. The molecule has 0 unspecified atom stereocenters. The van der Waals surface area contributed by atoms with Gasteiger partial charge in [0.15, 0.2) is 0 Å². The SMILES string of the molecule is Cc1cc(=O)oc2cc(NC(=O)c3cccc(S(=O)(=O)N4CCCC4)c3)ccc12. The minimum atomic E-state index is -3.60. The third-order valence-corrected chi connectivity index (χ3v) is 6.90. The van der Waals surface area contributed by atoms with Crippen LogP contribution in [-0.2, 0) is 10.0 Å². The van der Waals surface area contributed by atoms with Crippen LogP contribution in [0.4, 0.5) is 5.69 Å². The van der Waals surface area contributed by atoms with Crippen molar-refractivity contribution in [1.82, 2.24) is 4.31 Å². The Morgan fingerprint density at radius 2 is 1.83 bits per heavy atom. The molecule has 1 aromatic heterocycles. The van der Waals surface area contributed by atoms with E-state index in [2.05, 4.69) is 5.32 Å². The van der Waals surface area contributed by atoms with Gasteiger partial charge in [-0.05, 0) is 55.7 Å². The highest BCUT2D eigenvalue weighted by Crippen LogP contribution is 2.23. The predicted molar refractivity (Wildman–Crippen MR) is 110 cm³/mol. The Bertz CT molecular complexity index is 1260. The first-order chi connectivity index (χ1) is 13.8. The Morgan fingerprint density at radius 3 is 2.59 bits per heavy atom. The molecule has 2 heterocycles. The van der Waals surface area contributed by atoms with Crippen molar-refractivity contribution in [2.24, 2.45) is 0 Å². The fourth-order valence-electron chi connectivity index (χ4n) is 3.48. The van der Waals surface area contributed by atoms with Gasteiger partial charge < -0.3 is 9.73 Å². The van der Waals surface area contributed by atoms with E-state index < -0.39 is 21.6 Å². The first-order valence-corrected chi connectivity index (χ1v) is 10.7. The van der Waals surface area contributed by atoms with Gasteiger partial charge in [0.25, 0.3) is 5.91 Å². The van der Waals surface area contributed by atoms with Gasteiger partial charge in [0, 0.05) is 41.9 Å². The number of rotatable bonds is 4. The van der Waals surface area contributed by atoms with Crippen molar-refractivity contribution in [3.63, 3.8) is 0 Å². The molecule has 7 nitrogen and oxygen atoms in total. The Balaban J connectivity index is 1.61. The van der Waals surface area contributed by atoms with Crippen LogP contribution < -0.4 is 10.9 Å². The highest BCUT2D eigenvalue weighted by Gasteiger charge is 2.27. The van der Waals surface area contributed by atoms with Crippen molar-refractivity contribution in [1.29, 1.82) is 0 Å². The number of benzene rings is 2. The molecule has 1 N–H and O–H groups in total. The minimum absolute atomic E-state index is 0.104. The molecule has 0 radical (unpaired) electrons. The van der Waals surface area contributed by atoms with Crippen LogP contribution in [0.3, 0.4) is 0 Å². The van der Waals surface area contributed by atoms with Crippen LogP contribution in [-0.4, -0.2) is 31.7 Å². The average Bonchev–Trinajstić information content (AvgIpc) is 3.23. The molecular weight excluding hydrogens is 392 g/mol. The van der Waals surface area contributed by atoms with Crippen LogP contribution in [0.5, 0.6) is 0 Å². The van der Waals surface area contributed by atoms with Gasteiger partial charge in [-0.25, -0.2) is 13.2 Å². The number of sulfonamides is 1. The van der Waals surface area contributed by atoms with E-state index in [9.17, 15) is 18.0 Å². The van der Waals surface area contributed by atoms with Crippen LogP contribution in [0.25, 0.3) is 11.0 Å². The van der Waals surface area contributed by atoms with Crippen molar-refractivity contribution < 1.29 is 17.6 Å². The molecule has 8 heteroatoms. The molecule has 1 saturated heterocycles. The molecule has 0 atom stereocenters. The first kappa shape index (κ1) is 19.4. The molecule has 29 heavy (non-hydrogen) atoms. The van der Waals surface area contributed by atoms with E-state index in [1.807, 2.05) is 6.92 Å². The summed E-state index contributed by atoms with van der Waals surface area (Å²) in [6, 6.07) is 12.4. The maximum atomic E-state index is 12.7. The lowest BCUT2D eigenvalue weighted by Crippen LogP contribution is -2.28. The highest BCUT2D eigenvalue weighted by atomic mass is 32.2. The number of aryl methyl sites for hydroxylation is 1. The smallest absolute Gasteiger partial charge is 0.336 e. The van der Waals surface area contributed by atoms with E-state index in [1.165, 1.54) is 22.5 Å². The summed E-state index contributed by atoms with van der Waals surface area (Å²) < 4.78 is 32.1. The maximum absolute atomic E-state index is 12.7. The molecule has 4 rings (SSSR count). The van der Waals surface area contributed by atoms with Gasteiger partial charge in [-0.2, -0.15) is 4.31 Å². The second-order valence-electron chi connectivity index (χ2n) is 7.05. The third-order valence-electron chi connectivity index (χ3n) is 5.01. The number of hydrogen-bond donors (Lipinski definition) is 1. The molecule has 150 valence electrons. The molecule has 0 spiro atoms. The summed E-state index contributed by atoms with van der Waals surface area (Å²) in [4.78, 5) is 24.4. The minimum Gasteiger partial charge on any atom is -0.423 e. The van der Waals surface area contributed by atoms with Crippen LogP contribution in [0, 0.1) is 6.92 Å². The summed E-state index contributed by atoms with van der Waals surface area (Å²) in [7, 11) is -3.60. The van der Waals surface area contributed by atoms with Crippen molar-refractivity contribution in [2.75, 3.05) is 18.4 Å². The highest BCUT2D eigenvalue weighted by molar-refractivity contribution is 7.89. The Kier molecular flexibility index (Phi) is 4.97. The number of hydrogen-bond acceptors (Lipinski definition) is 5. The average molecular weight is 412 g/mol. The molecule has 1 aliphatic heterocycles. The predicted octanol–water partition coefficient (Wildman–Crippen LogP) is 3.14. The van der Waals surface area contributed by atoms with Gasteiger partial charge in [0.05, 0.1) is 4.90 Å². The van der Waals surface area contributed by atoms with E-state index in [1.54, 1.807) is 30.3 Å². The zero-order valence-corrected chi connectivity index (χ0v) is 16.7. The fourth-order valence-corrected chi connectivity index (χ4v) is 5.04. The summed E-state index contributed by atoms with van der Waals surface area (Å²) in [5.41, 5.74) is 1.38. The standard InChI is InChI=1S/C21H20N2O5S/c1-14-11-20(24)28-19-13-16(7-8-18(14)19)22-21(25)15-5-4-6-17(12-15)29(26,27)23-9-2-3-10-23/h4-8,11-13H,2-3,9-10H2,1H3,(H,22,25). The van der Waals surface area contributed by atoms with Gasteiger partial charge in [-0.3, -0.25) is 4.79 Å². The van der Waals surface area contributed by atoms with Crippen LogP contribution >= 0.6 is 0 Å². The lowest BCUT2D eigenvalue weighted by atomic mass is 10.1. The van der Waals surface area contributed by atoms with Crippen molar-refractivity contribution in [3.8, 4) is 0 Å². The number of anilines is 1. The molecule has 1 aliphatic rings. The monoisotopic (exact) mass is 412 g/mol. The van der Waals surface area contributed by atoms with Gasteiger partial charge >= 0.3 is 5.63 Å². The summed E-state index contributed by atoms with van der Waals surface area (Å²) in [5.74, 6) is -0.446. The van der Waals surface area contributed by atoms with E-state index in [0.717, 1.165) is 23.8 Å². The Labute approximate surface area is 168 Å². The second kappa shape index (κ2) is 7.46. The zero-order valence-electron chi connectivity index (χ0n) is 15.8. The fraction of sp³-hybridized carbons (Fsp3) is 0.238. The van der Waals surface area contributed by atoms with Gasteiger partial charge in [0.2, 0.25) is 10.0 Å². The first-order valence-electron chi connectivity index (χ1n) is 9.31. The lowest BCUT2D eigenvalue weighted by molar-refractivity contribution is 0.102. The van der Waals surface area contributed by atoms with Gasteiger partial charge in [0.1, 0.15) is 5.58 Å². The van der Waals surface area contributed by atoms with E-state index >= 15 is 0 Å². The number of amides is 1. The van der Waals surface area contributed by atoms with Crippen molar-refractivity contribution in [3.05, 3.63) is 70.1 Å². The molecular formula is C21H20N2O5S. The van der Waals surface area contributed by atoms with E-state index in [0.29, 0.717) is 24.4 Å². The van der Waals surface area contributed by atoms with Crippen LogP contribution in [0.15, 0.2) is 62.6 Å². The van der Waals surface area contributed by atoms with Crippen molar-refractivity contribution in [2.45, 2.75) is 24.7 Å². The molecule has 1 fully saturated rings. The molecule has 0 saturated carbocycles. The summed E-state index contributed by atoms with van der Waals surface area (Å²) in [6.45, 7) is 2.81. The van der Waals surface area contributed by atoms with E-state index in [4.69, 9.17) is 4.42 Å². The molecule has 1 amide bonds. The van der Waals surface area contributed by atoms with Crippen LogP contribution in [0.1, 0.15) is 28.8 Å². The molecule has 3 aromatic rings. The lowest BCUT2D eigenvalue weighted by Gasteiger charge is -2.16. The number of carbonyl (C=O) groups excluding carboxylic acids is 1. The summed E-state index contributed by atoms with van der Waals surface area (Å²) >= 11 is 0.